The largest absolute Gasteiger partial charge is 0.0760 e. The number of allylic oxidation sites excluding steroid dienone is 4. The normalized spacial score (nSPS) is 17.1. The average molecular weight is 363 g/mol. The molecule has 0 amide bonds. The maximum atomic E-state index is 2.49. The number of fused-ring (bicyclic) bond motifs is 3. The lowest BCUT2D eigenvalue weighted by molar-refractivity contribution is 0.717. The molecule has 0 heterocycles. The van der Waals surface area contributed by atoms with Crippen LogP contribution in [0.2, 0.25) is 0 Å². The van der Waals surface area contributed by atoms with Gasteiger partial charge in [-0.2, -0.15) is 0 Å². The van der Waals surface area contributed by atoms with Crippen molar-refractivity contribution in [3.63, 3.8) is 0 Å². The monoisotopic (exact) mass is 362 g/mol. The second-order valence-electron chi connectivity index (χ2n) is 7.91. The first-order valence-electron chi connectivity index (χ1n) is 10.5. The third kappa shape index (κ3) is 2.37. The third-order valence-corrected chi connectivity index (χ3v) is 6.38. The maximum Gasteiger partial charge on any atom is 0.0713 e. The Hall–Kier alpha value is -2.86. The van der Waals surface area contributed by atoms with Crippen LogP contribution < -0.4 is 0 Å². The Kier molecular flexibility index (Phi) is 4.28. The average Bonchev–Trinajstić information content (AvgIpc) is 3.08. The minimum atomic E-state index is -0.212. The highest BCUT2D eigenvalue weighted by atomic mass is 14.5. The SMILES string of the molecule is CCCC1=C2C(=CCC1)c1ccccc1C2(c1ccccc1)c1ccccc1. The summed E-state index contributed by atoms with van der Waals surface area (Å²) < 4.78 is 0. The van der Waals surface area contributed by atoms with Gasteiger partial charge in [0.15, 0.2) is 0 Å². The fourth-order valence-corrected chi connectivity index (χ4v) is 5.39. The van der Waals surface area contributed by atoms with E-state index in [-0.39, 0.29) is 5.41 Å². The van der Waals surface area contributed by atoms with Crippen LogP contribution in [0.25, 0.3) is 5.57 Å². The Morgan fingerprint density at radius 2 is 1.36 bits per heavy atom. The molecule has 0 saturated heterocycles. The minimum absolute atomic E-state index is 0.212. The van der Waals surface area contributed by atoms with Crippen LogP contribution >= 0.6 is 0 Å². The molecule has 5 rings (SSSR count). The van der Waals surface area contributed by atoms with Gasteiger partial charge in [-0.15, -0.1) is 0 Å². The molecule has 0 saturated carbocycles. The first kappa shape index (κ1) is 17.3. The molecule has 0 N–H and O–H groups in total. The summed E-state index contributed by atoms with van der Waals surface area (Å²) in [6.07, 6.45) is 7.20. The number of rotatable bonds is 4. The molecule has 0 aromatic heterocycles. The van der Waals surface area contributed by atoms with Gasteiger partial charge in [-0.3, -0.25) is 0 Å². The van der Waals surface area contributed by atoms with Gasteiger partial charge in [-0.05, 0) is 52.7 Å². The van der Waals surface area contributed by atoms with Crippen molar-refractivity contribution in [1.82, 2.24) is 0 Å². The van der Waals surface area contributed by atoms with E-state index in [0.717, 1.165) is 6.42 Å². The summed E-state index contributed by atoms with van der Waals surface area (Å²) in [6.45, 7) is 2.31. The summed E-state index contributed by atoms with van der Waals surface area (Å²) in [6, 6.07) is 31.3. The summed E-state index contributed by atoms with van der Waals surface area (Å²) in [5.74, 6) is 0. The van der Waals surface area contributed by atoms with Crippen molar-refractivity contribution >= 4 is 5.57 Å². The van der Waals surface area contributed by atoms with Crippen molar-refractivity contribution in [3.05, 3.63) is 124 Å². The van der Waals surface area contributed by atoms with Crippen molar-refractivity contribution in [2.45, 2.75) is 38.0 Å². The van der Waals surface area contributed by atoms with Crippen LogP contribution in [-0.4, -0.2) is 0 Å². The third-order valence-electron chi connectivity index (χ3n) is 6.38. The van der Waals surface area contributed by atoms with Crippen LogP contribution in [0.4, 0.5) is 0 Å². The lowest BCUT2D eigenvalue weighted by Crippen LogP contribution is -2.30. The number of hydrogen-bond acceptors (Lipinski definition) is 0. The fraction of sp³-hybridized carbons (Fsp3) is 0.214. The first-order chi connectivity index (χ1) is 13.9. The van der Waals surface area contributed by atoms with Crippen molar-refractivity contribution in [2.75, 3.05) is 0 Å². The van der Waals surface area contributed by atoms with Crippen molar-refractivity contribution in [3.8, 4) is 0 Å². The summed E-state index contributed by atoms with van der Waals surface area (Å²) in [7, 11) is 0. The van der Waals surface area contributed by atoms with Gasteiger partial charge in [0.2, 0.25) is 0 Å². The number of benzene rings is 3. The lowest BCUT2D eigenvalue weighted by Gasteiger charge is -2.36. The van der Waals surface area contributed by atoms with Gasteiger partial charge in [0, 0.05) is 0 Å². The van der Waals surface area contributed by atoms with Gasteiger partial charge in [0.1, 0.15) is 0 Å². The van der Waals surface area contributed by atoms with Crippen molar-refractivity contribution in [2.24, 2.45) is 0 Å². The molecule has 3 aromatic carbocycles. The molecular formula is C28H26. The smallest absolute Gasteiger partial charge is 0.0713 e. The van der Waals surface area contributed by atoms with E-state index >= 15 is 0 Å². The van der Waals surface area contributed by atoms with Crippen LogP contribution in [0.1, 0.15) is 54.9 Å². The highest BCUT2D eigenvalue weighted by Gasteiger charge is 2.49. The Balaban J connectivity index is 1.95. The highest BCUT2D eigenvalue weighted by molar-refractivity contribution is 5.95. The van der Waals surface area contributed by atoms with Crippen molar-refractivity contribution < 1.29 is 0 Å². The molecule has 0 atom stereocenters. The summed E-state index contributed by atoms with van der Waals surface area (Å²) in [5, 5.41) is 0. The van der Waals surface area contributed by atoms with Crippen LogP contribution in [0.3, 0.4) is 0 Å². The Labute approximate surface area is 168 Å². The van der Waals surface area contributed by atoms with E-state index in [1.165, 1.54) is 47.1 Å². The zero-order valence-electron chi connectivity index (χ0n) is 16.5. The molecule has 3 aromatic rings. The summed E-state index contributed by atoms with van der Waals surface area (Å²) >= 11 is 0. The molecule has 0 radical (unpaired) electrons. The number of hydrogen-bond donors (Lipinski definition) is 0. The fourth-order valence-electron chi connectivity index (χ4n) is 5.39. The Morgan fingerprint density at radius 1 is 0.750 bits per heavy atom. The van der Waals surface area contributed by atoms with Crippen LogP contribution in [-0.2, 0) is 5.41 Å². The Morgan fingerprint density at radius 3 is 2.00 bits per heavy atom. The highest BCUT2D eigenvalue weighted by Crippen LogP contribution is 2.59. The molecule has 2 aliphatic carbocycles. The molecule has 0 bridgehead atoms. The van der Waals surface area contributed by atoms with Gasteiger partial charge in [-0.25, -0.2) is 0 Å². The zero-order valence-corrected chi connectivity index (χ0v) is 16.5. The minimum Gasteiger partial charge on any atom is -0.0760 e. The quantitative estimate of drug-likeness (QED) is 0.456. The standard InChI is InChI=1S/C28H26/c1-2-12-21-13-11-19-25-24-18-9-10-20-26(24)28(27(21)25,22-14-5-3-6-15-22)23-16-7-4-8-17-23/h3-10,14-20H,2,11-13H2,1H3. The predicted molar refractivity (Wildman–Crippen MR) is 118 cm³/mol. The summed E-state index contributed by atoms with van der Waals surface area (Å²) in [4.78, 5) is 0. The van der Waals surface area contributed by atoms with E-state index in [1.807, 2.05) is 0 Å². The van der Waals surface area contributed by atoms with Gasteiger partial charge in [0.25, 0.3) is 0 Å². The zero-order chi connectivity index (χ0) is 19.0. The molecular weight excluding hydrogens is 336 g/mol. The van der Waals surface area contributed by atoms with Gasteiger partial charge < -0.3 is 0 Å². The summed E-state index contributed by atoms with van der Waals surface area (Å²) in [5.41, 5.74) is 10.1. The van der Waals surface area contributed by atoms with E-state index in [0.29, 0.717) is 0 Å². The maximum absolute atomic E-state index is 2.49. The molecule has 0 spiro atoms. The molecule has 0 heteroatoms. The predicted octanol–water partition coefficient (Wildman–Crippen LogP) is 7.31. The van der Waals surface area contributed by atoms with Crippen LogP contribution in [0.5, 0.6) is 0 Å². The van der Waals surface area contributed by atoms with E-state index in [2.05, 4.69) is 97.9 Å². The van der Waals surface area contributed by atoms with Crippen molar-refractivity contribution in [1.29, 1.82) is 0 Å². The molecule has 138 valence electrons. The van der Waals surface area contributed by atoms with Gasteiger partial charge in [0.05, 0.1) is 5.41 Å². The lowest BCUT2D eigenvalue weighted by atomic mass is 9.65. The van der Waals surface area contributed by atoms with Crippen LogP contribution in [0.15, 0.2) is 102 Å². The van der Waals surface area contributed by atoms with Crippen LogP contribution in [0, 0.1) is 0 Å². The van der Waals surface area contributed by atoms with E-state index in [9.17, 15) is 0 Å². The van der Waals surface area contributed by atoms with E-state index in [4.69, 9.17) is 0 Å². The van der Waals surface area contributed by atoms with E-state index in [1.54, 1.807) is 11.1 Å². The molecule has 2 aliphatic rings. The second kappa shape index (κ2) is 6.95. The topological polar surface area (TPSA) is 0 Å². The molecule has 28 heavy (non-hydrogen) atoms. The molecule has 0 nitrogen and oxygen atoms in total. The van der Waals surface area contributed by atoms with Gasteiger partial charge in [-0.1, -0.05) is 110 Å². The molecule has 0 unspecified atom stereocenters. The molecule has 0 fully saturated rings. The van der Waals surface area contributed by atoms with Gasteiger partial charge >= 0.3 is 0 Å². The van der Waals surface area contributed by atoms with E-state index < -0.39 is 0 Å². The second-order valence-corrected chi connectivity index (χ2v) is 7.91. The first-order valence-corrected chi connectivity index (χ1v) is 10.5. The Bertz CT molecular complexity index is 1010. The molecule has 0 aliphatic heterocycles.